The van der Waals surface area contributed by atoms with Gasteiger partial charge in [0.2, 0.25) is 5.54 Å². The van der Waals surface area contributed by atoms with E-state index in [1.165, 1.54) is 4.90 Å². The lowest BCUT2D eigenvalue weighted by molar-refractivity contribution is -0.134. The second kappa shape index (κ2) is 5.99. The molecule has 0 aromatic heterocycles. The van der Waals surface area contributed by atoms with E-state index >= 15 is 0 Å². The SMILES string of the molecule is COc1cccc(CN2C(=O)C3(NC(=O)NC3=O)c3cc(Cl)cc(C)c32)c1. The molecular formula is C19H16ClN3O4. The molecular weight excluding hydrogens is 370 g/mol. The topological polar surface area (TPSA) is 87.7 Å². The van der Waals surface area contributed by atoms with Gasteiger partial charge in [0.05, 0.1) is 19.3 Å². The van der Waals surface area contributed by atoms with Crippen molar-refractivity contribution >= 4 is 35.1 Å². The Balaban J connectivity index is 1.86. The van der Waals surface area contributed by atoms with Crippen LogP contribution in [-0.4, -0.2) is 25.0 Å². The first-order chi connectivity index (χ1) is 12.9. The maximum atomic E-state index is 13.3. The van der Waals surface area contributed by atoms with E-state index in [0.717, 1.165) is 11.1 Å². The van der Waals surface area contributed by atoms with Crippen LogP contribution in [0.1, 0.15) is 16.7 Å². The average molecular weight is 386 g/mol. The van der Waals surface area contributed by atoms with Gasteiger partial charge >= 0.3 is 6.03 Å². The molecule has 27 heavy (non-hydrogen) atoms. The Morgan fingerprint density at radius 1 is 1.19 bits per heavy atom. The number of methoxy groups -OCH3 is 1. The van der Waals surface area contributed by atoms with Gasteiger partial charge < -0.3 is 15.0 Å². The summed E-state index contributed by atoms with van der Waals surface area (Å²) in [7, 11) is 1.56. The number of nitrogens with one attached hydrogen (secondary N) is 2. The Morgan fingerprint density at radius 2 is 1.96 bits per heavy atom. The molecule has 2 aliphatic heterocycles. The monoisotopic (exact) mass is 385 g/mol. The first-order valence-electron chi connectivity index (χ1n) is 8.26. The summed E-state index contributed by atoms with van der Waals surface area (Å²) >= 11 is 6.18. The van der Waals surface area contributed by atoms with Crippen LogP contribution in [-0.2, 0) is 21.7 Å². The number of aryl methyl sites for hydroxylation is 1. The lowest BCUT2D eigenvalue weighted by Gasteiger charge is -2.22. The van der Waals surface area contributed by atoms with E-state index in [1.54, 1.807) is 25.3 Å². The number of carbonyl (C=O) groups is 3. The fourth-order valence-corrected chi connectivity index (χ4v) is 3.97. The summed E-state index contributed by atoms with van der Waals surface area (Å²) in [5.74, 6) is -0.559. The van der Waals surface area contributed by atoms with Crippen molar-refractivity contribution in [2.24, 2.45) is 0 Å². The number of nitrogens with zero attached hydrogens (tertiary/aromatic N) is 1. The number of hydrogen-bond donors (Lipinski definition) is 2. The number of anilines is 1. The summed E-state index contributed by atoms with van der Waals surface area (Å²) in [6, 6.07) is 9.87. The molecule has 2 N–H and O–H groups in total. The second-order valence-corrected chi connectivity index (χ2v) is 6.96. The summed E-state index contributed by atoms with van der Waals surface area (Å²) in [5, 5.41) is 5.05. The first kappa shape index (κ1) is 17.4. The minimum absolute atomic E-state index is 0.219. The number of imide groups is 1. The van der Waals surface area contributed by atoms with Crippen LogP contribution in [0.5, 0.6) is 5.75 Å². The van der Waals surface area contributed by atoms with Gasteiger partial charge in [0.15, 0.2) is 0 Å². The summed E-state index contributed by atoms with van der Waals surface area (Å²) < 4.78 is 5.24. The molecule has 2 aromatic rings. The third-order valence-corrected chi connectivity index (χ3v) is 5.07. The zero-order valence-electron chi connectivity index (χ0n) is 14.6. The third kappa shape index (κ3) is 2.46. The van der Waals surface area contributed by atoms with Crippen LogP contribution in [0.4, 0.5) is 10.5 Å². The Kier molecular flexibility index (Phi) is 3.85. The number of hydrogen-bond acceptors (Lipinski definition) is 4. The third-order valence-electron chi connectivity index (χ3n) is 4.85. The number of fused-ring (bicyclic) bond motifs is 2. The van der Waals surface area contributed by atoms with E-state index in [2.05, 4.69) is 10.6 Å². The van der Waals surface area contributed by atoms with Crippen LogP contribution < -0.4 is 20.3 Å². The second-order valence-electron chi connectivity index (χ2n) is 6.52. The van der Waals surface area contributed by atoms with Crippen molar-refractivity contribution in [3.05, 3.63) is 58.1 Å². The molecule has 0 bridgehead atoms. The zero-order valence-corrected chi connectivity index (χ0v) is 15.4. The van der Waals surface area contributed by atoms with E-state index in [0.29, 0.717) is 22.0 Å². The fraction of sp³-hybridized carbons (Fsp3) is 0.211. The van der Waals surface area contributed by atoms with Gasteiger partial charge in [-0.3, -0.25) is 14.9 Å². The molecule has 8 heteroatoms. The van der Waals surface area contributed by atoms with Crippen molar-refractivity contribution in [1.82, 2.24) is 10.6 Å². The number of halogens is 1. The molecule has 1 saturated heterocycles. The van der Waals surface area contributed by atoms with E-state index in [-0.39, 0.29) is 6.54 Å². The molecule has 1 atom stereocenters. The number of rotatable bonds is 3. The van der Waals surface area contributed by atoms with Crippen molar-refractivity contribution in [3.8, 4) is 5.75 Å². The Hall–Kier alpha value is -3.06. The summed E-state index contributed by atoms with van der Waals surface area (Å²) in [5.41, 5.74) is 0.721. The molecule has 2 heterocycles. The van der Waals surface area contributed by atoms with Crippen molar-refractivity contribution in [1.29, 1.82) is 0 Å². The maximum absolute atomic E-state index is 13.3. The molecule has 0 saturated carbocycles. The predicted molar refractivity (Wildman–Crippen MR) is 98.7 cm³/mol. The fourth-order valence-electron chi connectivity index (χ4n) is 3.70. The molecule has 7 nitrogen and oxygen atoms in total. The number of urea groups is 1. The van der Waals surface area contributed by atoms with E-state index in [1.807, 2.05) is 25.1 Å². The largest absolute Gasteiger partial charge is 0.497 e. The van der Waals surface area contributed by atoms with E-state index in [9.17, 15) is 14.4 Å². The van der Waals surface area contributed by atoms with Crippen LogP contribution >= 0.6 is 11.6 Å². The van der Waals surface area contributed by atoms with Gasteiger partial charge in [-0.1, -0.05) is 23.7 Å². The predicted octanol–water partition coefficient (Wildman–Crippen LogP) is 2.24. The molecule has 4 rings (SSSR count). The highest BCUT2D eigenvalue weighted by Crippen LogP contribution is 2.46. The van der Waals surface area contributed by atoms with Crippen molar-refractivity contribution in [2.45, 2.75) is 19.0 Å². The van der Waals surface area contributed by atoms with Gasteiger partial charge in [-0.25, -0.2) is 4.79 Å². The highest BCUT2D eigenvalue weighted by Gasteiger charge is 2.61. The molecule has 1 spiro atoms. The molecule has 0 aliphatic carbocycles. The molecule has 1 fully saturated rings. The van der Waals surface area contributed by atoms with Crippen molar-refractivity contribution in [3.63, 3.8) is 0 Å². The number of amides is 4. The van der Waals surface area contributed by atoms with Crippen molar-refractivity contribution < 1.29 is 19.1 Å². The van der Waals surface area contributed by atoms with Gasteiger partial charge in [0.25, 0.3) is 11.8 Å². The highest BCUT2D eigenvalue weighted by molar-refractivity contribution is 6.32. The Bertz CT molecular complexity index is 1010. The minimum atomic E-state index is -1.79. The lowest BCUT2D eigenvalue weighted by atomic mass is 9.90. The molecule has 4 amide bonds. The van der Waals surface area contributed by atoms with Crippen LogP contribution in [0.15, 0.2) is 36.4 Å². The van der Waals surface area contributed by atoms with Crippen LogP contribution in [0, 0.1) is 6.92 Å². The Labute approximate surface area is 160 Å². The summed E-state index contributed by atoms with van der Waals surface area (Å²) in [4.78, 5) is 39.3. The number of carbonyl (C=O) groups excluding carboxylic acids is 3. The van der Waals surface area contributed by atoms with Crippen LogP contribution in [0.25, 0.3) is 0 Å². The average Bonchev–Trinajstić information content (AvgIpc) is 3.05. The van der Waals surface area contributed by atoms with Crippen molar-refractivity contribution in [2.75, 3.05) is 12.0 Å². The number of ether oxygens (including phenoxy) is 1. The molecule has 2 aromatic carbocycles. The standard InChI is InChI=1S/C19H16ClN3O4/c1-10-6-12(20)8-14-15(10)23(9-11-4-3-5-13(7-11)27-2)17(25)19(14)16(24)21-18(26)22-19/h3-8H,9H2,1-2H3,(H2,21,22,24,26). The highest BCUT2D eigenvalue weighted by atomic mass is 35.5. The quantitative estimate of drug-likeness (QED) is 0.626. The summed E-state index contributed by atoms with van der Waals surface area (Å²) in [6.07, 6.45) is 0. The van der Waals surface area contributed by atoms with E-state index in [4.69, 9.17) is 16.3 Å². The van der Waals surface area contributed by atoms with Crippen LogP contribution in [0.2, 0.25) is 5.02 Å². The maximum Gasteiger partial charge on any atom is 0.323 e. The van der Waals surface area contributed by atoms with Crippen LogP contribution in [0.3, 0.4) is 0 Å². The van der Waals surface area contributed by atoms with Gasteiger partial charge in [-0.15, -0.1) is 0 Å². The normalized spacial score (nSPS) is 20.7. The van der Waals surface area contributed by atoms with E-state index < -0.39 is 23.4 Å². The van der Waals surface area contributed by atoms with Gasteiger partial charge in [0.1, 0.15) is 5.75 Å². The lowest BCUT2D eigenvalue weighted by Crippen LogP contribution is -2.52. The number of benzene rings is 2. The molecule has 1 unspecified atom stereocenters. The van der Waals surface area contributed by atoms with Gasteiger partial charge in [-0.05, 0) is 42.3 Å². The Morgan fingerprint density at radius 3 is 2.63 bits per heavy atom. The zero-order chi connectivity index (χ0) is 19.3. The summed E-state index contributed by atoms with van der Waals surface area (Å²) in [6.45, 7) is 2.03. The van der Waals surface area contributed by atoms with Gasteiger partial charge in [-0.2, -0.15) is 0 Å². The molecule has 138 valence electrons. The first-order valence-corrected chi connectivity index (χ1v) is 8.63. The minimum Gasteiger partial charge on any atom is -0.497 e. The van der Waals surface area contributed by atoms with Gasteiger partial charge in [0, 0.05) is 10.6 Å². The molecule has 2 aliphatic rings. The molecule has 0 radical (unpaired) electrons. The smallest absolute Gasteiger partial charge is 0.323 e.